The van der Waals surface area contributed by atoms with Gasteiger partial charge in [-0.25, -0.2) is 19.1 Å². The van der Waals surface area contributed by atoms with Crippen molar-refractivity contribution < 1.29 is 49.0 Å². The number of allylic oxidation sites excluding steroid dienone is 2. The van der Waals surface area contributed by atoms with Crippen LogP contribution in [0.4, 0.5) is 22.5 Å². The first-order valence-electron chi connectivity index (χ1n) is 13.6. The summed E-state index contributed by atoms with van der Waals surface area (Å²) in [4.78, 5) is 65.1. The van der Waals surface area contributed by atoms with Crippen LogP contribution in [-0.4, -0.2) is 81.9 Å². The average Bonchev–Trinajstić information content (AvgIpc) is 3.48. The van der Waals surface area contributed by atoms with E-state index in [0.717, 1.165) is 28.4 Å². The van der Waals surface area contributed by atoms with E-state index in [-0.39, 0.29) is 51.7 Å². The zero-order valence-corrected chi connectivity index (χ0v) is 26.0. The molecule has 19 nitrogen and oxygen atoms in total. The molecule has 0 bridgehead atoms. The largest absolute Gasteiger partial charge is 0.504 e. The normalized spacial score (nSPS) is 18.3. The van der Waals surface area contributed by atoms with Crippen molar-refractivity contribution in [1.82, 2.24) is 20.2 Å². The number of rotatable bonds is 11. The van der Waals surface area contributed by atoms with E-state index in [1.54, 1.807) is 6.08 Å². The van der Waals surface area contributed by atoms with Gasteiger partial charge in [-0.2, -0.15) is 0 Å². The Morgan fingerprint density at radius 1 is 1.19 bits per heavy atom. The Labute approximate surface area is 277 Å². The Morgan fingerprint density at radius 2 is 1.94 bits per heavy atom. The van der Waals surface area contributed by atoms with Crippen LogP contribution in [0.15, 0.2) is 58.5 Å². The van der Waals surface area contributed by atoms with Crippen LogP contribution in [-0.2, 0) is 30.6 Å². The zero-order valence-electron chi connectivity index (χ0n) is 24.4. The molecule has 250 valence electrons. The fourth-order valence-corrected chi connectivity index (χ4v) is 6.51. The number of carbonyl (C=O) groups is 4. The number of nitrogens with zero attached hydrogens (tertiary/aromatic N) is 5. The maximum absolute atomic E-state index is 13.4. The maximum Gasteiger partial charge on any atom is 0.352 e. The van der Waals surface area contributed by atoms with E-state index in [4.69, 9.17) is 27.8 Å². The lowest BCUT2D eigenvalue weighted by molar-refractivity contribution is -0.674. The van der Waals surface area contributed by atoms with E-state index >= 15 is 0 Å². The fourth-order valence-electron chi connectivity index (χ4n) is 4.64. The first-order valence-corrected chi connectivity index (χ1v) is 15.5. The van der Waals surface area contributed by atoms with Crippen LogP contribution in [0.1, 0.15) is 17.4 Å². The second kappa shape index (κ2) is 13.3. The Bertz CT molecular complexity index is 1930. The van der Waals surface area contributed by atoms with E-state index in [1.165, 1.54) is 40.2 Å². The summed E-state index contributed by atoms with van der Waals surface area (Å²) in [5.74, 6) is -5.34. The highest BCUT2D eigenvalue weighted by Gasteiger charge is 2.54. The summed E-state index contributed by atoms with van der Waals surface area (Å²) in [6, 6.07) is 1.97. The van der Waals surface area contributed by atoms with Gasteiger partial charge in [-0.3, -0.25) is 14.5 Å². The molecule has 5 rings (SSSR count). The van der Waals surface area contributed by atoms with Gasteiger partial charge in [0.2, 0.25) is 24.1 Å². The minimum atomic E-state index is -1.83. The molecule has 13 N–H and O–H groups in total. The number of hydrogen-bond donors (Lipinski definition) is 9. The molecule has 2 aliphatic rings. The van der Waals surface area contributed by atoms with Crippen LogP contribution < -0.4 is 32.8 Å². The molecule has 21 heteroatoms. The van der Waals surface area contributed by atoms with Crippen LogP contribution in [0.5, 0.6) is 11.5 Å². The molecule has 1 fully saturated rings. The van der Waals surface area contributed by atoms with Gasteiger partial charge in [0.05, 0.1) is 6.54 Å². The van der Waals surface area contributed by atoms with Crippen LogP contribution in [0.25, 0.3) is 0 Å². The number of thioether (sulfide) groups is 1. The van der Waals surface area contributed by atoms with E-state index in [9.17, 15) is 39.6 Å². The van der Waals surface area contributed by atoms with Gasteiger partial charge in [0.25, 0.3) is 11.8 Å². The first-order chi connectivity index (χ1) is 22.8. The molecule has 0 saturated carbocycles. The molecule has 2 aliphatic heterocycles. The number of amides is 2. The molecule has 2 amide bonds. The molecular weight excluding hydrogens is 672 g/mol. The number of carbonyl (C=O) groups excluding carboxylic acids is 2. The number of nitrogens with two attached hydrogens (primary N) is 4. The molecule has 3 unspecified atom stereocenters. The van der Waals surface area contributed by atoms with Gasteiger partial charge in [-0.1, -0.05) is 28.4 Å². The number of aromatic nitrogens is 3. The third kappa shape index (κ3) is 6.43. The number of oxime groups is 1. The molecule has 1 saturated heterocycles. The number of β-lactam (4-membered cyclic amide) rings is 1. The highest BCUT2D eigenvalue weighted by atomic mass is 32.2. The van der Waals surface area contributed by atoms with E-state index in [1.807, 2.05) is 0 Å². The zero-order chi connectivity index (χ0) is 34.9. The van der Waals surface area contributed by atoms with Crippen molar-refractivity contribution in [3.05, 3.63) is 64.6 Å². The van der Waals surface area contributed by atoms with Crippen LogP contribution >= 0.6 is 23.1 Å². The summed E-state index contributed by atoms with van der Waals surface area (Å²) in [6.07, 6.45) is 2.69. The maximum atomic E-state index is 13.4. The number of thiazole rings is 1. The second-order valence-corrected chi connectivity index (χ2v) is 12.1. The molecular formula is C27H27N10O9S2+. The van der Waals surface area contributed by atoms with E-state index in [0.29, 0.717) is 5.57 Å². The first kappa shape index (κ1) is 33.3. The molecule has 2 aromatic heterocycles. The van der Waals surface area contributed by atoms with Crippen LogP contribution in [0.2, 0.25) is 0 Å². The predicted octanol–water partition coefficient (Wildman–Crippen LogP) is -0.893. The molecule has 0 radical (unpaired) electrons. The number of nitrogen functional groups attached to an aromatic ring is 4. The fraction of sp³-hybridized carbons (Fsp3) is 0.185. The molecule has 48 heavy (non-hydrogen) atoms. The minimum absolute atomic E-state index is 0.0477. The Morgan fingerprint density at radius 3 is 2.58 bits per heavy atom. The third-order valence-corrected chi connectivity index (χ3v) is 9.04. The SMILES string of the molecule is Nc1nc(/C(=N/OC(C(=O)O)c2ccc(O)c(O)c2)C(=O)NC2C(=O)N3C(C(=O)O)=C(/C=C/C[n+]4cnc(N)c(N)c4N)CSC23)cs1. The van der Waals surface area contributed by atoms with Crippen molar-refractivity contribution in [2.24, 2.45) is 5.16 Å². The van der Waals surface area contributed by atoms with Gasteiger partial charge in [-0.15, -0.1) is 23.1 Å². The highest BCUT2D eigenvalue weighted by Crippen LogP contribution is 2.40. The molecule has 4 heterocycles. The molecule has 3 atom stereocenters. The van der Waals surface area contributed by atoms with Gasteiger partial charge in [-0.05, 0) is 17.7 Å². The van der Waals surface area contributed by atoms with Crippen molar-refractivity contribution in [2.75, 3.05) is 28.7 Å². The molecule has 0 aliphatic carbocycles. The molecule has 1 aromatic carbocycles. The van der Waals surface area contributed by atoms with Gasteiger partial charge >= 0.3 is 11.9 Å². The van der Waals surface area contributed by atoms with Crippen molar-refractivity contribution in [1.29, 1.82) is 0 Å². The smallest absolute Gasteiger partial charge is 0.352 e. The Kier molecular flexibility index (Phi) is 9.24. The number of benzene rings is 1. The quantitative estimate of drug-likeness (QED) is 0.0385. The van der Waals surface area contributed by atoms with E-state index < -0.39 is 58.5 Å². The number of carboxylic acid groups (broad SMARTS) is 2. The number of nitrogens with one attached hydrogen (secondary N) is 1. The number of phenolic OH excluding ortho intramolecular Hbond substituents is 2. The van der Waals surface area contributed by atoms with Crippen molar-refractivity contribution in [2.45, 2.75) is 24.1 Å². The highest BCUT2D eigenvalue weighted by molar-refractivity contribution is 8.00. The lowest BCUT2D eigenvalue weighted by Gasteiger charge is -2.49. The monoisotopic (exact) mass is 699 g/mol. The minimum Gasteiger partial charge on any atom is -0.504 e. The summed E-state index contributed by atoms with van der Waals surface area (Å²) in [5.41, 5.74) is 22.5. The van der Waals surface area contributed by atoms with Gasteiger partial charge in [0.15, 0.2) is 28.0 Å². The summed E-state index contributed by atoms with van der Waals surface area (Å²) in [6.45, 7) is 0.169. The number of anilines is 4. The number of carboxylic acids is 2. The van der Waals surface area contributed by atoms with Gasteiger partial charge < -0.3 is 53.5 Å². The van der Waals surface area contributed by atoms with Gasteiger partial charge in [0, 0.05) is 16.7 Å². The van der Waals surface area contributed by atoms with Crippen LogP contribution in [0.3, 0.4) is 0 Å². The predicted molar refractivity (Wildman–Crippen MR) is 171 cm³/mol. The third-order valence-electron chi connectivity index (χ3n) is 7.06. The molecule has 0 spiro atoms. The molecule has 3 aromatic rings. The Balaban J connectivity index is 1.35. The number of fused-ring (bicyclic) bond motifs is 1. The second-order valence-electron chi connectivity index (χ2n) is 10.1. The van der Waals surface area contributed by atoms with Crippen LogP contribution in [0, 0.1) is 0 Å². The number of phenols is 2. The van der Waals surface area contributed by atoms with Gasteiger partial charge in [0.1, 0.15) is 22.8 Å². The summed E-state index contributed by atoms with van der Waals surface area (Å²) < 4.78 is 1.49. The number of hydrogen-bond acceptors (Lipinski definition) is 16. The average molecular weight is 700 g/mol. The van der Waals surface area contributed by atoms with Crippen molar-refractivity contribution >= 4 is 75.0 Å². The van der Waals surface area contributed by atoms with Crippen molar-refractivity contribution in [3.8, 4) is 11.5 Å². The topological polar surface area (TPSA) is 320 Å². The number of aliphatic carboxylic acids is 2. The Hall–Kier alpha value is -6.09. The summed E-state index contributed by atoms with van der Waals surface area (Å²) >= 11 is 2.15. The van der Waals surface area contributed by atoms with Crippen molar-refractivity contribution in [3.63, 3.8) is 0 Å². The summed E-state index contributed by atoms with van der Waals surface area (Å²) in [7, 11) is 0. The van der Waals surface area contributed by atoms with E-state index in [2.05, 4.69) is 20.4 Å². The summed E-state index contributed by atoms with van der Waals surface area (Å²) in [5, 5.41) is 45.9. The lowest BCUT2D eigenvalue weighted by atomic mass is 10.0. The lowest BCUT2D eigenvalue weighted by Crippen LogP contribution is -2.71. The standard InChI is InChI=1S/C27H26N10O9S2/c28-15-20(29)32-9-36(21(15)30)5-1-2-11-7-47-24-17(23(41)37(24)18(11)25(42)43)34-22(40)16(12-8-48-27(31)33-12)35-46-19(26(44)45)10-3-4-13(38)14(39)6-10/h1-4,6,8-9,17,19,24H,5,7H2,(H12,28,29,30,31,33,34,35,38,39,40,42,43,44,45)/p+1/b2-1+. The number of aromatic hydroxyl groups is 2.